The molecule has 4 rings (SSSR count). The number of rotatable bonds is 4. The third-order valence-electron chi connectivity index (χ3n) is 4.30. The zero-order valence-electron chi connectivity index (χ0n) is 14.6. The molecule has 1 aliphatic heterocycles. The Hall–Kier alpha value is -3.54. The van der Waals surface area contributed by atoms with E-state index in [1.165, 1.54) is 6.92 Å². The van der Waals surface area contributed by atoms with Gasteiger partial charge >= 0.3 is 5.97 Å². The molecule has 0 aromatic heterocycles. The lowest BCUT2D eigenvalue weighted by molar-refractivity contribution is -0.123. The predicted octanol–water partition coefficient (Wildman–Crippen LogP) is 3.75. The van der Waals surface area contributed by atoms with Crippen LogP contribution in [-0.2, 0) is 9.53 Å². The fourth-order valence-electron chi connectivity index (χ4n) is 2.90. The van der Waals surface area contributed by atoms with Crippen LogP contribution in [0.3, 0.4) is 0 Å². The maximum atomic E-state index is 12.5. The molecule has 27 heavy (non-hydrogen) atoms. The van der Waals surface area contributed by atoms with Crippen molar-refractivity contribution in [3.63, 3.8) is 0 Å². The molecule has 0 spiro atoms. The van der Waals surface area contributed by atoms with Crippen molar-refractivity contribution in [3.8, 4) is 11.5 Å². The lowest BCUT2D eigenvalue weighted by atomic mass is 10.0. The third kappa shape index (κ3) is 3.42. The average molecular weight is 363 g/mol. The Bertz CT molecular complexity index is 1020. The molecule has 6 heteroatoms. The summed E-state index contributed by atoms with van der Waals surface area (Å²) in [4.78, 5) is 24.9. The number of ether oxygens (including phenoxy) is 3. The molecule has 0 aliphatic carbocycles. The zero-order chi connectivity index (χ0) is 18.8. The molecule has 6 nitrogen and oxygen atoms in total. The van der Waals surface area contributed by atoms with Gasteiger partial charge in [0.2, 0.25) is 6.79 Å². The van der Waals surface area contributed by atoms with Gasteiger partial charge in [-0.2, -0.15) is 0 Å². The molecule has 3 aromatic carbocycles. The Morgan fingerprint density at radius 2 is 1.78 bits per heavy atom. The van der Waals surface area contributed by atoms with Crippen molar-refractivity contribution in [1.82, 2.24) is 0 Å². The van der Waals surface area contributed by atoms with Crippen LogP contribution in [0.2, 0.25) is 0 Å². The van der Waals surface area contributed by atoms with Crippen molar-refractivity contribution in [3.05, 3.63) is 66.2 Å². The van der Waals surface area contributed by atoms with E-state index in [1.54, 1.807) is 30.3 Å². The minimum Gasteiger partial charge on any atom is -0.454 e. The average Bonchev–Trinajstić information content (AvgIpc) is 3.15. The van der Waals surface area contributed by atoms with Crippen molar-refractivity contribution < 1.29 is 23.8 Å². The number of hydrogen-bond donors (Lipinski definition) is 1. The highest BCUT2D eigenvalue weighted by Gasteiger charge is 2.21. The molecule has 1 amide bonds. The van der Waals surface area contributed by atoms with Crippen LogP contribution in [-0.4, -0.2) is 24.8 Å². The summed E-state index contributed by atoms with van der Waals surface area (Å²) in [6.07, 6.45) is -0.957. The lowest BCUT2D eigenvalue weighted by Crippen LogP contribution is -2.30. The van der Waals surface area contributed by atoms with Crippen LogP contribution >= 0.6 is 0 Å². The number of carbonyl (C=O) groups is 2. The van der Waals surface area contributed by atoms with Crippen LogP contribution in [0.15, 0.2) is 60.7 Å². The molecule has 0 saturated heterocycles. The summed E-state index contributed by atoms with van der Waals surface area (Å²) in [6.45, 7) is 1.69. The van der Waals surface area contributed by atoms with E-state index in [2.05, 4.69) is 5.32 Å². The van der Waals surface area contributed by atoms with Crippen molar-refractivity contribution in [1.29, 1.82) is 0 Å². The van der Waals surface area contributed by atoms with Gasteiger partial charge in [-0.15, -0.1) is 0 Å². The van der Waals surface area contributed by atoms with Crippen LogP contribution in [0.5, 0.6) is 11.5 Å². The van der Waals surface area contributed by atoms with Gasteiger partial charge in [-0.25, -0.2) is 4.79 Å². The minimum atomic E-state index is -0.957. The first-order valence-corrected chi connectivity index (χ1v) is 8.51. The molecule has 1 heterocycles. The summed E-state index contributed by atoms with van der Waals surface area (Å²) in [5, 5.41) is 4.43. The first kappa shape index (κ1) is 16.9. The van der Waals surface area contributed by atoms with E-state index in [0.717, 1.165) is 10.8 Å². The van der Waals surface area contributed by atoms with Crippen LogP contribution in [0, 0.1) is 0 Å². The van der Waals surface area contributed by atoms with Gasteiger partial charge in [0.1, 0.15) is 0 Å². The Labute approximate surface area is 155 Å². The minimum absolute atomic E-state index is 0.159. The second kappa shape index (κ2) is 6.99. The maximum absolute atomic E-state index is 12.5. The molecular weight excluding hydrogens is 346 g/mol. The van der Waals surface area contributed by atoms with Gasteiger partial charge < -0.3 is 19.5 Å². The van der Waals surface area contributed by atoms with Crippen LogP contribution in [0.1, 0.15) is 17.3 Å². The molecule has 136 valence electrons. The van der Waals surface area contributed by atoms with Crippen LogP contribution in [0.4, 0.5) is 5.69 Å². The monoisotopic (exact) mass is 363 g/mol. The predicted molar refractivity (Wildman–Crippen MR) is 100 cm³/mol. The van der Waals surface area contributed by atoms with Crippen LogP contribution < -0.4 is 14.8 Å². The number of carbonyl (C=O) groups excluding carboxylic acids is 2. The van der Waals surface area contributed by atoms with Crippen molar-refractivity contribution in [2.45, 2.75) is 13.0 Å². The van der Waals surface area contributed by atoms with Gasteiger partial charge in [0, 0.05) is 11.8 Å². The summed E-state index contributed by atoms with van der Waals surface area (Å²) in [5.41, 5.74) is 0.966. The first-order chi connectivity index (χ1) is 13.1. The molecule has 0 unspecified atom stereocenters. The molecule has 1 aliphatic rings. The van der Waals surface area contributed by atoms with E-state index in [9.17, 15) is 9.59 Å². The standard InChI is InChI=1S/C21H17NO5/c1-13(20(23)22-15-9-10-18-19(11-15)26-12-25-18)27-21(24)17-8-4-6-14-5-2-3-7-16(14)17/h2-11,13H,12H2,1H3,(H,22,23)/t13-/m1/s1. The van der Waals surface area contributed by atoms with Gasteiger partial charge in [0.05, 0.1) is 5.56 Å². The fourth-order valence-corrected chi connectivity index (χ4v) is 2.90. The molecule has 3 aromatic rings. The van der Waals surface area contributed by atoms with Gasteiger partial charge in [-0.1, -0.05) is 36.4 Å². The first-order valence-electron chi connectivity index (χ1n) is 8.51. The highest BCUT2D eigenvalue weighted by atomic mass is 16.7. The molecule has 0 fully saturated rings. The quantitative estimate of drug-likeness (QED) is 0.715. The van der Waals surface area contributed by atoms with Gasteiger partial charge in [0.15, 0.2) is 17.6 Å². The van der Waals surface area contributed by atoms with E-state index in [-0.39, 0.29) is 6.79 Å². The Morgan fingerprint density at radius 3 is 2.67 bits per heavy atom. The number of anilines is 1. The molecular formula is C21H17NO5. The Balaban J connectivity index is 1.45. The summed E-state index contributed by atoms with van der Waals surface area (Å²) >= 11 is 0. The van der Waals surface area contributed by atoms with Gasteiger partial charge in [-0.3, -0.25) is 4.79 Å². The number of amides is 1. The molecule has 1 N–H and O–H groups in total. The lowest BCUT2D eigenvalue weighted by Gasteiger charge is -2.14. The van der Waals surface area contributed by atoms with Crippen molar-refractivity contribution in [2.75, 3.05) is 12.1 Å². The van der Waals surface area contributed by atoms with E-state index in [4.69, 9.17) is 14.2 Å². The van der Waals surface area contributed by atoms with Crippen molar-refractivity contribution >= 4 is 28.3 Å². The highest BCUT2D eigenvalue weighted by molar-refractivity contribution is 6.05. The molecule has 1 atom stereocenters. The third-order valence-corrected chi connectivity index (χ3v) is 4.30. The van der Waals surface area contributed by atoms with Gasteiger partial charge in [0.25, 0.3) is 5.91 Å². The Kier molecular flexibility index (Phi) is 4.38. The number of nitrogens with one attached hydrogen (secondary N) is 1. The zero-order valence-corrected chi connectivity index (χ0v) is 14.6. The van der Waals surface area contributed by atoms with E-state index < -0.39 is 18.0 Å². The summed E-state index contributed by atoms with van der Waals surface area (Å²) in [5.74, 6) is 0.222. The van der Waals surface area contributed by atoms with Gasteiger partial charge in [-0.05, 0) is 35.9 Å². The Morgan fingerprint density at radius 1 is 1.00 bits per heavy atom. The second-order valence-corrected chi connectivity index (χ2v) is 6.13. The molecule has 0 radical (unpaired) electrons. The molecule has 0 saturated carbocycles. The number of fused-ring (bicyclic) bond motifs is 2. The normalized spacial score (nSPS) is 13.2. The van der Waals surface area contributed by atoms with E-state index in [1.807, 2.05) is 30.3 Å². The largest absolute Gasteiger partial charge is 0.454 e. The number of esters is 1. The summed E-state index contributed by atoms with van der Waals surface area (Å²) in [6, 6.07) is 18.0. The number of benzene rings is 3. The fraction of sp³-hybridized carbons (Fsp3) is 0.143. The van der Waals surface area contributed by atoms with Crippen molar-refractivity contribution in [2.24, 2.45) is 0 Å². The SMILES string of the molecule is C[C@@H](OC(=O)c1cccc2ccccc12)C(=O)Nc1ccc2c(c1)OCO2. The van der Waals surface area contributed by atoms with Crippen LogP contribution in [0.25, 0.3) is 10.8 Å². The topological polar surface area (TPSA) is 73.9 Å². The van der Waals surface area contributed by atoms with E-state index >= 15 is 0 Å². The molecule has 0 bridgehead atoms. The number of hydrogen-bond acceptors (Lipinski definition) is 5. The van der Waals surface area contributed by atoms with E-state index in [0.29, 0.717) is 22.7 Å². The maximum Gasteiger partial charge on any atom is 0.339 e. The summed E-state index contributed by atoms with van der Waals surface area (Å²) < 4.78 is 15.9. The second-order valence-electron chi connectivity index (χ2n) is 6.13. The summed E-state index contributed by atoms with van der Waals surface area (Å²) in [7, 11) is 0. The smallest absolute Gasteiger partial charge is 0.339 e. The highest BCUT2D eigenvalue weighted by Crippen LogP contribution is 2.34.